The van der Waals surface area contributed by atoms with E-state index in [4.69, 9.17) is 23.2 Å². The minimum atomic E-state index is -4.54. The summed E-state index contributed by atoms with van der Waals surface area (Å²) in [6.07, 6.45) is -3.51. The predicted octanol–water partition coefficient (Wildman–Crippen LogP) is 5.65. The molecule has 1 N–H and O–H groups in total. The minimum Gasteiger partial charge on any atom is -0.480 e. The maximum absolute atomic E-state index is 13.2. The monoisotopic (exact) mass is 417 g/mol. The third-order valence-corrected chi connectivity index (χ3v) is 5.42. The van der Waals surface area contributed by atoms with Gasteiger partial charge in [-0.05, 0) is 48.2 Å². The molecule has 3 rings (SSSR count). The molecule has 1 aliphatic rings. The van der Waals surface area contributed by atoms with Gasteiger partial charge in [0.2, 0.25) is 0 Å². The molecule has 144 valence electrons. The van der Waals surface area contributed by atoms with Gasteiger partial charge in [-0.25, -0.2) is 0 Å². The Labute approximate surface area is 164 Å². The molecule has 0 bridgehead atoms. The van der Waals surface area contributed by atoms with Gasteiger partial charge in [-0.15, -0.1) is 0 Å². The quantitative estimate of drug-likeness (QED) is 0.698. The van der Waals surface area contributed by atoms with Crippen molar-refractivity contribution in [2.75, 3.05) is 6.54 Å². The van der Waals surface area contributed by atoms with E-state index in [-0.39, 0.29) is 10.6 Å². The van der Waals surface area contributed by atoms with Crippen LogP contribution >= 0.6 is 23.2 Å². The second-order valence-corrected chi connectivity index (χ2v) is 7.21. The highest BCUT2D eigenvalue weighted by atomic mass is 35.5. The summed E-state index contributed by atoms with van der Waals surface area (Å²) in [4.78, 5) is 13.3. The zero-order valence-electron chi connectivity index (χ0n) is 14.0. The number of nitrogens with zero attached hydrogens (tertiary/aromatic N) is 1. The molecule has 1 saturated heterocycles. The normalized spacial score (nSPS) is 19.2. The average molecular weight is 418 g/mol. The number of carbonyl (C=O) groups is 1. The van der Waals surface area contributed by atoms with Crippen LogP contribution in [0.15, 0.2) is 42.5 Å². The first-order valence-electron chi connectivity index (χ1n) is 8.29. The number of benzene rings is 2. The number of rotatable bonds is 4. The van der Waals surface area contributed by atoms with Gasteiger partial charge in [0.1, 0.15) is 6.04 Å². The number of aliphatic carboxylic acids is 1. The van der Waals surface area contributed by atoms with Crippen molar-refractivity contribution in [3.8, 4) is 0 Å². The lowest BCUT2D eigenvalue weighted by atomic mass is 9.94. The Hall–Kier alpha value is -1.76. The molecule has 0 amide bonds. The Morgan fingerprint density at radius 2 is 1.78 bits per heavy atom. The number of alkyl halides is 3. The first-order valence-corrected chi connectivity index (χ1v) is 9.05. The molecule has 1 aliphatic heterocycles. The van der Waals surface area contributed by atoms with E-state index in [0.717, 1.165) is 12.1 Å². The van der Waals surface area contributed by atoms with Gasteiger partial charge in [0, 0.05) is 16.6 Å². The first kappa shape index (κ1) is 20.0. The molecular formula is C19H16Cl2F3NO2. The zero-order chi connectivity index (χ0) is 19.8. The maximum Gasteiger partial charge on any atom is 0.416 e. The largest absolute Gasteiger partial charge is 0.480 e. The van der Waals surface area contributed by atoms with Crippen LogP contribution in [0.2, 0.25) is 10.0 Å². The standard InChI is InChI=1S/C19H16Cl2F3NO2/c20-14-5-2-1-4-12(14)17(25-9-3-6-16(25)18(26)27)13-10-11(19(22,23)24)7-8-15(13)21/h1-2,4-5,7-8,10,16-17H,3,6,9H2,(H,26,27). The van der Waals surface area contributed by atoms with Crippen LogP contribution in [0.5, 0.6) is 0 Å². The second kappa shape index (κ2) is 7.70. The number of carboxylic acid groups (broad SMARTS) is 1. The summed E-state index contributed by atoms with van der Waals surface area (Å²) in [6, 6.07) is 8.18. The number of likely N-dealkylation sites (tertiary alicyclic amines) is 1. The Morgan fingerprint density at radius 3 is 2.41 bits per heavy atom. The van der Waals surface area contributed by atoms with Crippen molar-refractivity contribution in [1.82, 2.24) is 4.90 Å². The SMILES string of the molecule is O=C(O)C1CCCN1C(c1ccccc1Cl)c1cc(C(F)(F)F)ccc1Cl. The predicted molar refractivity (Wildman–Crippen MR) is 97.1 cm³/mol. The first-order chi connectivity index (χ1) is 12.7. The van der Waals surface area contributed by atoms with Crippen molar-refractivity contribution in [2.45, 2.75) is 31.1 Å². The van der Waals surface area contributed by atoms with E-state index < -0.39 is 29.8 Å². The van der Waals surface area contributed by atoms with E-state index in [2.05, 4.69) is 0 Å². The molecule has 0 aromatic heterocycles. The van der Waals surface area contributed by atoms with E-state index in [1.807, 2.05) is 0 Å². The minimum absolute atomic E-state index is 0.129. The van der Waals surface area contributed by atoms with Crippen molar-refractivity contribution in [3.05, 3.63) is 69.2 Å². The third kappa shape index (κ3) is 4.08. The van der Waals surface area contributed by atoms with Crippen LogP contribution in [0.4, 0.5) is 13.2 Å². The summed E-state index contributed by atoms with van der Waals surface area (Å²) in [7, 11) is 0. The second-order valence-electron chi connectivity index (χ2n) is 6.39. The molecule has 2 aromatic rings. The van der Waals surface area contributed by atoms with Crippen molar-refractivity contribution in [2.24, 2.45) is 0 Å². The third-order valence-electron chi connectivity index (χ3n) is 4.73. The summed E-state index contributed by atoms with van der Waals surface area (Å²) in [5, 5.41) is 10.0. The topological polar surface area (TPSA) is 40.5 Å². The number of halogens is 5. The molecule has 8 heteroatoms. The molecule has 2 aromatic carbocycles. The van der Waals surface area contributed by atoms with Crippen LogP contribution in [0.3, 0.4) is 0 Å². The summed E-state index contributed by atoms with van der Waals surface area (Å²) in [5.74, 6) is -1.02. The Bertz CT molecular complexity index is 857. The molecule has 0 saturated carbocycles. The van der Waals surface area contributed by atoms with Gasteiger partial charge in [-0.3, -0.25) is 9.69 Å². The average Bonchev–Trinajstić information content (AvgIpc) is 3.07. The highest BCUT2D eigenvalue weighted by molar-refractivity contribution is 6.32. The lowest BCUT2D eigenvalue weighted by Gasteiger charge is -2.33. The molecule has 1 fully saturated rings. The molecular weight excluding hydrogens is 402 g/mol. The fourth-order valence-corrected chi connectivity index (χ4v) is 3.97. The van der Waals surface area contributed by atoms with Crippen LogP contribution < -0.4 is 0 Å². The van der Waals surface area contributed by atoms with E-state index in [1.54, 1.807) is 29.2 Å². The molecule has 0 radical (unpaired) electrons. The van der Waals surface area contributed by atoms with Gasteiger partial charge in [0.25, 0.3) is 0 Å². The van der Waals surface area contributed by atoms with Crippen molar-refractivity contribution >= 4 is 29.2 Å². The van der Waals surface area contributed by atoms with E-state index in [9.17, 15) is 23.1 Å². The van der Waals surface area contributed by atoms with Gasteiger partial charge < -0.3 is 5.11 Å². The van der Waals surface area contributed by atoms with Crippen LogP contribution in [-0.4, -0.2) is 28.6 Å². The molecule has 0 spiro atoms. The fraction of sp³-hybridized carbons (Fsp3) is 0.316. The van der Waals surface area contributed by atoms with Crippen LogP contribution in [-0.2, 0) is 11.0 Å². The molecule has 27 heavy (non-hydrogen) atoms. The molecule has 2 unspecified atom stereocenters. The Kier molecular flexibility index (Phi) is 5.70. The Balaban J connectivity index is 2.20. The summed E-state index contributed by atoms with van der Waals surface area (Å²) in [6.45, 7) is 0.416. The molecule has 1 heterocycles. The summed E-state index contributed by atoms with van der Waals surface area (Å²) in [5.41, 5.74) is -0.133. The van der Waals surface area contributed by atoms with E-state index in [0.29, 0.717) is 30.0 Å². The Morgan fingerprint density at radius 1 is 1.11 bits per heavy atom. The van der Waals surface area contributed by atoms with Crippen LogP contribution in [0.25, 0.3) is 0 Å². The van der Waals surface area contributed by atoms with E-state index in [1.165, 1.54) is 6.07 Å². The van der Waals surface area contributed by atoms with Gasteiger partial charge in [-0.1, -0.05) is 41.4 Å². The zero-order valence-corrected chi connectivity index (χ0v) is 15.5. The number of hydrogen-bond acceptors (Lipinski definition) is 2. The van der Waals surface area contributed by atoms with Gasteiger partial charge in [-0.2, -0.15) is 13.2 Å². The highest BCUT2D eigenvalue weighted by Crippen LogP contribution is 2.42. The van der Waals surface area contributed by atoms with E-state index >= 15 is 0 Å². The maximum atomic E-state index is 13.2. The fourth-order valence-electron chi connectivity index (χ4n) is 3.51. The van der Waals surface area contributed by atoms with Crippen molar-refractivity contribution in [3.63, 3.8) is 0 Å². The molecule has 2 atom stereocenters. The highest BCUT2D eigenvalue weighted by Gasteiger charge is 2.39. The molecule has 3 nitrogen and oxygen atoms in total. The van der Waals surface area contributed by atoms with Crippen molar-refractivity contribution in [1.29, 1.82) is 0 Å². The summed E-state index contributed by atoms with van der Waals surface area (Å²) >= 11 is 12.6. The number of carboxylic acids is 1. The number of hydrogen-bond donors (Lipinski definition) is 1. The lowest BCUT2D eigenvalue weighted by Crippen LogP contribution is -2.39. The summed E-state index contributed by atoms with van der Waals surface area (Å²) < 4.78 is 39.7. The van der Waals surface area contributed by atoms with Crippen LogP contribution in [0.1, 0.15) is 35.6 Å². The van der Waals surface area contributed by atoms with Crippen molar-refractivity contribution < 1.29 is 23.1 Å². The lowest BCUT2D eigenvalue weighted by molar-refractivity contribution is -0.143. The molecule has 0 aliphatic carbocycles. The smallest absolute Gasteiger partial charge is 0.416 e. The van der Waals surface area contributed by atoms with Crippen LogP contribution in [0, 0.1) is 0 Å². The van der Waals surface area contributed by atoms with Gasteiger partial charge in [0.15, 0.2) is 0 Å². The van der Waals surface area contributed by atoms with Gasteiger partial charge in [0.05, 0.1) is 11.6 Å². The van der Waals surface area contributed by atoms with Gasteiger partial charge >= 0.3 is 12.1 Å².